The fraction of sp³-hybridized carbons (Fsp3) is 0.385. The number of halogens is 1. The molecular weight excluding hydrogens is 235 g/mol. The zero-order valence-corrected chi connectivity index (χ0v) is 10.2. The van der Waals surface area contributed by atoms with Crippen molar-refractivity contribution in [3.8, 4) is 11.8 Å². The van der Waals surface area contributed by atoms with Crippen molar-refractivity contribution < 1.29 is 13.9 Å². The van der Waals surface area contributed by atoms with Gasteiger partial charge in [-0.2, -0.15) is 5.26 Å². The first-order valence-electron chi connectivity index (χ1n) is 5.71. The van der Waals surface area contributed by atoms with Crippen LogP contribution in [0.3, 0.4) is 0 Å². The summed E-state index contributed by atoms with van der Waals surface area (Å²) in [6, 6.07) is 7.90. The summed E-state index contributed by atoms with van der Waals surface area (Å²) in [5, 5.41) is 8.47. The highest BCUT2D eigenvalue weighted by molar-refractivity contribution is 5.77. The molecule has 96 valence electrons. The molecule has 0 unspecified atom stereocenters. The van der Waals surface area contributed by atoms with Gasteiger partial charge in [0.05, 0.1) is 12.5 Å². The van der Waals surface area contributed by atoms with Crippen LogP contribution in [0.2, 0.25) is 0 Å². The van der Waals surface area contributed by atoms with Crippen LogP contribution in [0.5, 0.6) is 5.75 Å². The number of hydrogen-bond acceptors (Lipinski definition) is 3. The molecule has 0 fully saturated rings. The lowest BCUT2D eigenvalue weighted by Crippen LogP contribution is -2.35. The second kappa shape index (κ2) is 7.28. The molecule has 0 heterocycles. The lowest BCUT2D eigenvalue weighted by molar-refractivity contribution is -0.133. The van der Waals surface area contributed by atoms with E-state index in [9.17, 15) is 9.18 Å². The van der Waals surface area contributed by atoms with Crippen LogP contribution in [0.25, 0.3) is 0 Å². The van der Waals surface area contributed by atoms with Gasteiger partial charge in [0.2, 0.25) is 0 Å². The molecule has 1 rings (SSSR count). The normalized spacial score (nSPS) is 9.61. The Hall–Kier alpha value is -2.09. The number of benzene rings is 1. The molecule has 0 saturated heterocycles. The Morgan fingerprint density at radius 2 is 2.22 bits per heavy atom. The topological polar surface area (TPSA) is 53.3 Å². The number of nitriles is 1. The summed E-state index contributed by atoms with van der Waals surface area (Å²) in [5.41, 5.74) is 0. The Balaban J connectivity index is 2.50. The van der Waals surface area contributed by atoms with Gasteiger partial charge < -0.3 is 9.64 Å². The Morgan fingerprint density at radius 1 is 1.50 bits per heavy atom. The van der Waals surface area contributed by atoms with Gasteiger partial charge >= 0.3 is 0 Å². The summed E-state index contributed by atoms with van der Waals surface area (Å²) in [7, 11) is 0. The molecule has 0 spiro atoms. The van der Waals surface area contributed by atoms with Crippen LogP contribution in [0.15, 0.2) is 24.3 Å². The summed E-state index contributed by atoms with van der Waals surface area (Å²) >= 11 is 0. The fourth-order valence-electron chi connectivity index (χ4n) is 1.44. The molecule has 0 saturated carbocycles. The van der Waals surface area contributed by atoms with Gasteiger partial charge in [-0.25, -0.2) is 4.39 Å². The van der Waals surface area contributed by atoms with Crippen molar-refractivity contribution in [2.24, 2.45) is 0 Å². The highest BCUT2D eigenvalue weighted by Crippen LogP contribution is 2.15. The number of carbonyl (C=O) groups is 1. The van der Waals surface area contributed by atoms with Crippen LogP contribution in [0.1, 0.15) is 13.3 Å². The van der Waals surface area contributed by atoms with Gasteiger partial charge in [0.1, 0.15) is 0 Å². The van der Waals surface area contributed by atoms with Gasteiger partial charge in [-0.3, -0.25) is 4.79 Å². The summed E-state index contributed by atoms with van der Waals surface area (Å²) in [4.78, 5) is 13.2. The lowest BCUT2D eigenvalue weighted by Gasteiger charge is -2.19. The Labute approximate surface area is 106 Å². The van der Waals surface area contributed by atoms with E-state index in [4.69, 9.17) is 10.00 Å². The fourth-order valence-corrected chi connectivity index (χ4v) is 1.44. The predicted octanol–water partition coefficient (Wildman–Crippen LogP) is 1.97. The number of likely N-dealkylation sites (N-methyl/N-ethyl adjacent to an activating group) is 1. The minimum absolute atomic E-state index is 0.0576. The minimum atomic E-state index is -0.495. The van der Waals surface area contributed by atoms with Gasteiger partial charge in [-0.15, -0.1) is 0 Å². The van der Waals surface area contributed by atoms with Crippen molar-refractivity contribution in [3.63, 3.8) is 0 Å². The van der Waals surface area contributed by atoms with Crippen molar-refractivity contribution in [2.75, 3.05) is 19.7 Å². The number of hydrogen-bond donors (Lipinski definition) is 0. The molecule has 0 N–H and O–H groups in total. The summed E-state index contributed by atoms with van der Waals surface area (Å²) in [6.45, 7) is 2.46. The van der Waals surface area contributed by atoms with Crippen LogP contribution < -0.4 is 4.74 Å². The maximum atomic E-state index is 13.2. The molecule has 0 aromatic heterocycles. The molecular formula is C13H15FN2O2. The van der Waals surface area contributed by atoms with Crippen molar-refractivity contribution in [3.05, 3.63) is 30.1 Å². The first-order valence-corrected chi connectivity index (χ1v) is 5.71. The van der Waals surface area contributed by atoms with Crippen LogP contribution in [-0.2, 0) is 4.79 Å². The third-order valence-corrected chi connectivity index (χ3v) is 2.42. The Morgan fingerprint density at radius 3 is 2.83 bits per heavy atom. The SMILES string of the molecule is CCN(CCC#N)C(=O)COc1ccccc1F. The van der Waals surface area contributed by atoms with E-state index in [2.05, 4.69) is 0 Å². The third-order valence-electron chi connectivity index (χ3n) is 2.42. The van der Waals surface area contributed by atoms with Crippen molar-refractivity contribution >= 4 is 5.91 Å². The minimum Gasteiger partial charge on any atom is -0.481 e. The van der Waals surface area contributed by atoms with Crippen LogP contribution in [-0.4, -0.2) is 30.5 Å². The van der Waals surface area contributed by atoms with E-state index in [1.165, 1.54) is 17.0 Å². The molecule has 4 nitrogen and oxygen atoms in total. The van der Waals surface area contributed by atoms with E-state index in [0.29, 0.717) is 13.1 Å². The van der Waals surface area contributed by atoms with E-state index in [1.54, 1.807) is 12.1 Å². The van der Waals surface area contributed by atoms with Gasteiger partial charge in [0.15, 0.2) is 18.2 Å². The maximum absolute atomic E-state index is 13.2. The van der Waals surface area contributed by atoms with E-state index in [-0.39, 0.29) is 24.7 Å². The Kier molecular flexibility index (Phi) is 5.65. The molecule has 0 aliphatic carbocycles. The average molecular weight is 250 g/mol. The standard InChI is InChI=1S/C13H15FN2O2/c1-2-16(9-5-8-15)13(17)10-18-12-7-4-3-6-11(12)14/h3-4,6-7H,2,5,9-10H2,1H3. The van der Waals surface area contributed by atoms with Crippen LogP contribution in [0, 0.1) is 17.1 Å². The van der Waals surface area contributed by atoms with Crippen LogP contribution in [0.4, 0.5) is 4.39 Å². The van der Waals surface area contributed by atoms with Gasteiger partial charge in [-0.1, -0.05) is 12.1 Å². The number of amides is 1. The quantitative estimate of drug-likeness (QED) is 0.775. The molecule has 1 aromatic rings. The smallest absolute Gasteiger partial charge is 0.260 e. The molecule has 0 aliphatic heterocycles. The molecule has 18 heavy (non-hydrogen) atoms. The number of para-hydroxylation sites is 1. The van der Waals surface area contributed by atoms with Crippen molar-refractivity contribution in [1.82, 2.24) is 4.90 Å². The Bertz CT molecular complexity index is 443. The second-order valence-corrected chi connectivity index (χ2v) is 3.60. The zero-order chi connectivity index (χ0) is 13.4. The molecule has 0 atom stereocenters. The predicted molar refractivity (Wildman–Crippen MR) is 64.4 cm³/mol. The van der Waals surface area contributed by atoms with E-state index in [1.807, 2.05) is 13.0 Å². The summed E-state index contributed by atoms with van der Waals surface area (Å²) < 4.78 is 18.3. The molecule has 1 aromatic carbocycles. The monoisotopic (exact) mass is 250 g/mol. The maximum Gasteiger partial charge on any atom is 0.260 e. The molecule has 0 bridgehead atoms. The van der Waals surface area contributed by atoms with Gasteiger partial charge in [-0.05, 0) is 19.1 Å². The lowest BCUT2D eigenvalue weighted by atomic mass is 10.3. The highest BCUT2D eigenvalue weighted by Gasteiger charge is 2.12. The first-order chi connectivity index (χ1) is 8.69. The van der Waals surface area contributed by atoms with E-state index >= 15 is 0 Å². The average Bonchev–Trinajstić information content (AvgIpc) is 2.38. The zero-order valence-electron chi connectivity index (χ0n) is 10.2. The van der Waals surface area contributed by atoms with Crippen molar-refractivity contribution in [2.45, 2.75) is 13.3 Å². The molecule has 0 radical (unpaired) electrons. The molecule has 5 heteroatoms. The first kappa shape index (κ1) is 14.0. The number of rotatable bonds is 6. The molecule has 0 aliphatic rings. The number of nitrogens with zero attached hydrogens (tertiary/aromatic N) is 2. The summed E-state index contributed by atoms with van der Waals surface area (Å²) in [6.07, 6.45) is 0.277. The largest absolute Gasteiger partial charge is 0.481 e. The van der Waals surface area contributed by atoms with Gasteiger partial charge in [0, 0.05) is 13.1 Å². The second-order valence-electron chi connectivity index (χ2n) is 3.60. The van der Waals surface area contributed by atoms with E-state index in [0.717, 1.165) is 0 Å². The third kappa shape index (κ3) is 4.06. The van der Waals surface area contributed by atoms with Crippen LogP contribution >= 0.6 is 0 Å². The number of ether oxygens (including phenoxy) is 1. The molecule has 1 amide bonds. The highest BCUT2D eigenvalue weighted by atomic mass is 19.1. The van der Waals surface area contributed by atoms with Gasteiger partial charge in [0.25, 0.3) is 5.91 Å². The number of carbonyl (C=O) groups excluding carboxylic acids is 1. The van der Waals surface area contributed by atoms with E-state index < -0.39 is 5.82 Å². The van der Waals surface area contributed by atoms with Crippen molar-refractivity contribution in [1.29, 1.82) is 5.26 Å². The summed E-state index contributed by atoms with van der Waals surface area (Å²) in [5.74, 6) is -0.691.